The lowest BCUT2D eigenvalue weighted by atomic mass is 9.86. The number of carbonyl (C=O) groups excluding carboxylic acids is 1. The van der Waals surface area contributed by atoms with Gasteiger partial charge >= 0.3 is 0 Å². The third-order valence-electron chi connectivity index (χ3n) is 3.19. The monoisotopic (exact) mass is 263 g/mol. The van der Waals surface area contributed by atoms with Crippen molar-refractivity contribution in [3.05, 3.63) is 29.8 Å². The lowest BCUT2D eigenvalue weighted by molar-refractivity contribution is 0.0858. The highest BCUT2D eigenvalue weighted by atomic mass is 32.2. The van der Waals surface area contributed by atoms with Gasteiger partial charge in [0, 0.05) is 41.3 Å². The molecule has 2 nitrogen and oxygen atoms in total. The molecule has 1 saturated heterocycles. The highest BCUT2D eigenvalue weighted by molar-refractivity contribution is 7.99. The van der Waals surface area contributed by atoms with E-state index in [1.54, 1.807) is 0 Å². The van der Waals surface area contributed by atoms with Crippen molar-refractivity contribution in [1.29, 1.82) is 0 Å². The lowest BCUT2D eigenvalue weighted by Crippen LogP contribution is -2.32. The van der Waals surface area contributed by atoms with E-state index in [0.29, 0.717) is 0 Å². The normalized spacial score (nSPS) is 16.7. The molecule has 18 heavy (non-hydrogen) atoms. The molecule has 0 radical (unpaired) electrons. The summed E-state index contributed by atoms with van der Waals surface area (Å²) in [5.74, 6) is 2.61. The summed E-state index contributed by atoms with van der Waals surface area (Å²) in [5.41, 5.74) is 1.75. The van der Waals surface area contributed by atoms with Crippen LogP contribution in [0.2, 0.25) is 0 Å². The molecule has 2 rings (SSSR count). The predicted octanol–water partition coefficient (Wildman–Crippen LogP) is 3.47. The van der Waals surface area contributed by atoms with Gasteiger partial charge in [0.05, 0.1) is 0 Å². The average molecular weight is 263 g/mol. The second-order valence-electron chi connectivity index (χ2n) is 5.73. The molecule has 1 aliphatic rings. The standard InChI is InChI=1S/C15H21NOS/c1-15(2,3)14(17)12-4-6-13(7-5-12)16-8-10-18-11-9-16/h4-7H,8-11H2,1-3H3. The minimum absolute atomic E-state index is 0.211. The molecule has 98 valence electrons. The maximum absolute atomic E-state index is 12.1. The van der Waals surface area contributed by atoms with Crippen LogP contribution in [0.1, 0.15) is 31.1 Å². The molecule has 0 bridgehead atoms. The highest BCUT2D eigenvalue weighted by Crippen LogP contribution is 2.24. The van der Waals surface area contributed by atoms with Crippen molar-refractivity contribution in [3.63, 3.8) is 0 Å². The number of hydrogen-bond donors (Lipinski definition) is 0. The first-order valence-electron chi connectivity index (χ1n) is 6.46. The SMILES string of the molecule is CC(C)(C)C(=O)c1ccc(N2CCSCC2)cc1. The lowest BCUT2D eigenvalue weighted by Gasteiger charge is -2.28. The van der Waals surface area contributed by atoms with E-state index in [1.807, 2.05) is 44.7 Å². The Morgan fingerprint density at radius 1 is 1.11 bits per heavy atom. The van der Waals surface area contributed by atoms with Gasteiger partial charge in [0.25, 0.3) is 0 Å². The zero-order valence-electron chi connectivity index (χ0n) is 11.4. The van der Waals surface area contributed by atoms with Gasteiger partial charge < -0.3 is 4.90 Å². The molecular formula is C15H21NOS. The third-order valence-corrected chi connectivity index (χ3v) is 4.13. The number of carbonyl (C=O) groups is 1. The van der Waals surface area contributed by atoms with Gasteiger partial charge in [-0.3, -0.25) is 4.79 Å². The van der Waals surface area contributed by atoms with Gasteiger partial charge in [-0.15, -0.1) is 0 Å². The van der Waals surface area contributed by atoms with Crippen LogP contribution in [0.5, 0.6) is 0 Å². The number of Topliss-reactive ketones (excluding diaryl/α,β-unsaturated/α-hetero) is 1. The summed E-state index contributed by atoms with van der Waals surface area (Å²) in [5, 5.41) is 0. The van der Waals surface area contributed by atoms with Crippen LogP contribution in [-0.4, -0.2) is 30.4 Å². The fourth-order valence-electron chi connectivity index (χ4n) is 2.08. The van der Waals surface area contributed by atoms with Crippen molar-refractivity contribution >= 4 is 23.2 Å². The number of benzene rings is 1. The van der Waals surface area contributed by atoms with Crippen LogP contribution in [0, 0.1) is 5.41 Å². The van der Waals surface area contributed by atoms with Crippen molar-refractivity contribution in [1.82, 2.24) is 0 Å². The maximum Gasteiger partial charge on any atom is 0.168 e. The zero-order valence-corrected chi connectivity index (χ0v) is 12.2. The van der Waals surface area contributed by atoms with Crippen LogP contribution >= 0.6 is 11.8 Å². The molecule has 0 saturated carbocycles. The first kappa shape index (κ1) is 13.5. The molecule has 1 aliphatic heterocycles. The Morgan fingerprint density at radius 2 is 1.67 bits per heavy atom. The number of thioether (sulfide) groups is 1. The van der Waals surface area contributed by atoms with Crippen LogP contribution < -0.4 is 4.90 Å². The Kier molecular flexibility index (Phi) is 4.00. The second kappa shape index (κ2) is 5.35. The smallest absolute Gasteiger partial charge is 0.168 e. The van der Waals surface area contributed by atoms with Gasteiger partial charge in [-0.2, -0.15) is 11.8 Å². The molecule has 1 fully saturated rings. The van der Waals surface area contributed by atoms with Crippen LogP contribution in [0.15, 0.2) is 24.3 Å². The molecule has 0 amide bonds. The van der Waals surface area contributed by atoms with Gasteiger partial charge in [0.15, 0.2) is 5.78 Å². The Labute approximate surface area is 114 Å². The average Bonchev–Trinajstić information content (AvgIpc) is 2.38. The Hall–Kier alpha value is -0.960. The molecule has 0 N–H and O–H groups in total. The van der Waals surface area contributed by atoms with Crippen molar-refractivity contribution in [2.24, 2.45) is 5.41 Å². The summed E-state index contributed by atoms with van der Waals surface area (Å²) < 4.78 is 0. The maximum atomic E-state index is 12.1. The summed E-state index contributed by atoms with van der Waals surface area (Å²) in [6.45, 7) is 8.11. The van der Waals surface area contributed by atoms with Crippen LogP contribution in [-0.2, 0) is 0 Å². The van der Waals surface area contributed by atoms with Crippen molar-refractivity contribution in [2.75, 3.05) is 29.5 Å². The Bertz CT molecular complexity index is 413. The fourth-order valence-corrected chi connectivity index (χ4v) is 2.98. The molecule has 1 aromatic rings. The molecule has 0 aliphatic carbocycles. The van der Waals surface area contributed by atoms with E-state index < -0.39 is 0 Å². The minimum atomic E-state index is -0.302. The first-order chi connectivity index (χ1) is 8.48. The second-order valence-corrected chi connectivity index (χ2v) is 6.95. The predicted molar refractivity (Wildman–Crippen MR) is 79.8 cm³/mol. The quantitative estimate of drug-likeness (QED) is 0.762. The van der Waals surface area contributed by atoms with Gasteiger partial charge in [0.2, 0.25) is 0 Å². The van der Waals surface area contributed by atoms with Crippen LogP contribution in [0.4, 0.5) is 5.69 Å². The molecule has 1 heterocycles. The summed E-state index contributed by atoms with van der Waals surface area (Å²) in [6, 6.07) is 8.08. The largest absolute Gasteiger partial charge is 0.370 e. The van der Waals surface area contributed by atoms with Crippen LogP contribution in [0.25, 0.3) is 0 Å². The van der Waals surface area contributed by atoms with Gasteiger partial charge in [0.1, 0.15) is 0 Å². The highest BCUT2D eigenvalue weighted by Gasteiger charge is 2.22. The molecule has 1 aromatic carbocycles. The summed E-state index contributed by atoms with van der Waals surface area (Å²) in [6.07, 6.45) is 0. The summed E-state index contributed by atoms with van der Waals surface area (Å²) >= 11 is 2.01. The molecular weight excluding hydrogens is 242 g/mol. The van der Waals surface area contributed by atoms with Crippen molar-refractivity contribution in [2.45, 2.75) is 20.8 Å². The Balaban J connectivity index is 2.12. The summed E-state index contributed by atoms with van der Waals surface area (Å²) in [7, 11) is 0. The van der Waals surface area contributed by atoms with Crippen molar-refractivity contribution < 1.29 is 4.79 Å². The molecule has 0 atom stereocenters. The van der Waals surface area contributed by atoms with E-state index in [2.05, 4.69) is 17.0 Å². The van der Waals surface area contributed by atoms with Gasteiger partial charge in [-0.05, 0) is 24.3 Å². The Morgan fingerprint density at radius 3 is 2.17 bits per heavy atom. The molecule has 0 aromatic heterocycles. The minimum Gasteiger partial charge on any atom is -0.370 e. The molecule has 3 heteroatoms. The van der Waals surface area contributed by atoms with Crippen LogP contribution in [0.3, 0.4) is 0 Å². The van der Waals surface area contributed by atoms with E-state index in [1.165, 1.54) is 17.2 Å². The van der Waals surface area contributed by atoms with Gasteiger partial charge in [-0.25, -0.2) is 0 Å². The van der Waals surface area contributed by atoms with E-state index in [-0.39, 0.29) is 11.2 Å². The molecule has 0 spiro atoms. The fraction of sp³-hybridized carbons (Fsp3) is 0.533. The van der Waals surface area contributed by atoms with Gasteiger partial charge in [-0.1, -0.05) is 20.8 Å². The summed E-state index contributed by atoms with van der Waals surface area (Å²) in [4.78, 5) is 14.5. The van der Waals surface area contributed by atoms with E-state index in [0.717, 1.165) is 18.7 Å². The number of anilines is 1. The number of hydrogen-bond acceptors (Lipinski definition) is 3. The molecule has 0 unspecified atom stereocenters. The first-order valence-corrected chi connectivity index (χ1v) is 7.61. The van der Waals surface area contributed by atoms with E-state index in [9.17, 15) is 4.79 Å². The van der Waals surface area contributed by atoms with E-state index in [4.69, 9.17) is 0 Å². The van der Waals surface area contributed by atoms with Crippen molar-refractivity contribution in [3.8, 4) is 0 Å². The number of ketones is 1. The number of rotatable bonds is 2. The topological polar surface area (TPSA) is 20.3 Å². The zero-order chi connectivity index (χ0) is 13.2. The third kappa shape index (κ3) is 3.08. The number of nitrogens with zero attached hydrogens (tertiary/aromatic N) is 1. The van der Waals surface area contributed by atoms with E-state index >= 15 is 0 Å².